The monoisotopic (exact) mass is 174 g/mol. The van der Waals surface area contributed by atoms with Gasteiger partial charge in [0, 0.05) is 25.2 Å². The predicted octanol–water partition coefficient (Wildman–Crippen LogP) is 0.267. The number of fused-ring (bicyclic) bond motifs is 1. The minimum absolute atomic E-state index is 0.233. The Kier molecular flexibility index (Phi) is 1.61. The topological polar surface area (TPSA) is 46.5 Å². The van der Waals surface area contributed by atoms with Gasteiger partial charge in [0.1, 0.15) is 12.3 Å². The summed E-state index contributed by atoms with van der Waals surface area (Å²) in [5.74, 6) is -0.898. The molecule has 0 radical (unpaired) electrons. The van der Waals surface area contributed by atoms with Crippen LogP contribution in [0.5, 0.6) is 0 Å². The summed E-state index contributed by atoms with van der Waals surface area (Å²) in [6, 6.07) is 0. The van der Waals surface area contributed by atoms with Crippen LogP contribution in [0.2, 0.25) is 0 Å². The van der Waals surface area contributed by atoms with Gasteiger partial charge >= 0.3 is 5.97 Å². The first-order chi connectivity index (χ1) is 5.61. The van der Waals surface area contributed by atoms with E-state index in [9.17, 15) is 14.3 Å². The Morgan fingerprint density at radius 3 is 2.67 bits per heavy atom. The molecule has 0 amide bonds. The second-order valence-electron chi connectivity index (χ2n) is 3.55. The zero-order valence-electron chi connectivity index (χ0n) is 6.74. The smallest absolute Gasteiger partial charge is 0.302 e. The first-order valence-electron chi connectivity index (χ1n) is 4.10. The summed E-state index contributed by atoms with van der Waals surface area (Å²) in [5, 5.41) is 9.26. The summed E-state index contributed by atoms with van der Waals surface area (Å²) in [6.45, 7) is 1.30. The van der Waals surface area contributed by atoms with Gasteiger partial charge in [-0.1, -0.05) is 0 Å². The number of halogens is 1. The number of aliphatic hydroxyl groups excluding tert-OH is 1. The Balaban J connectivity index is 1.97. The average Bonchev–Trinajstić information content (AvgIpc) is 2.47. The summed E-state index contributed by atoms with van der Waals surface area (Å²) in [6.07, 6.45) is -1.57. The van der Waals surface area contributed by atoms with Crippen LogP contribution in [0.25, 0.3) is 0 Å². The first kappa shape index (κ1) is 7.98. The number of hydrogen-bond acceptors (Lipinski definition) is 3. The molecule has 68 valence electrons. The van der Waals surface area contributed by atoms with Crippen LogP contribution in [0, 0.1) is 11.8 Å². The number of carbonyl (C=O) groups excluding carboxylic acids is 1. The predicted molar refractivity (Wildman–Crippen MR) is 38.1 cm³/mol. The van der Waals surface area contributed by atoms with E-state index in [1.165, 1.54) is 6.92 Å². The number of hydrogen-bond donors (Lipinski definition) is 1. The van der Waals surface area contributed by atoms with E-state index in [1.807, 2.05) is 0 Å². The molecule has 0 aromatic heterocycles. The van der Waals surface area contributed by atoms with Crippen LogP contribution in [-0.2, 0) is 9.53 Å². The third-order valence-corrected chi connectivity index (χ3v) is 2.70. The minimum atomic E-state index is -0.960. The molecule has 0 bridgehead atoms. The molecule has 12 heavy (non-hydrogen) atoms. The van der Waals surface area contributed by atoms with Crippen LogP contribution in [0.15, 0.2) is 0 Å². The molecule has 0 aliphatic heterocycles. The third kappa shape index (κ3) is 1.02. The number of esters is 1. The van der Waals surface area contributed by atoms with E-state index < -0.39 is 24.3 Å². The molecule has 2 aliphatic rings. The van der Waals surface area contributed by atoms with Crippen LogP contribution in [-0.4, -0.2) is 29.5 Å². The Morgan fingerprint density at radius 1 is 1.58 bits per heavy atom. The highest BCUT2D eigenvalue weighted by Gasteiger charge is 2.65. The Hall–Kier alpha value is -0.640. The van der Waals surface area contributed by atoms with Crippen molar-refractivity contribution in [1.82, 2.24) is 0 Å². The number of carbonyl (C=O) groups is 1. The maximum atomic E-state index is 12.8. The molecular formula is C8H11FO3. The maximum absolute atomic E-state index is 12.8. The van der Waals surface area contributed by atoms with Crippen molar-refractivity contribution in [3.8, 4) is 0 Å². The van der Waals surface area contributed by atoms with Gasteiger partial charge in [0.2, 0.25) is 0 Å². The molecule has 0 aromatic carbocycles. The lowest BCUT2D eigenvalue weighted by molar-refractivity contribution is -0.147. The van der Waals surface area contributed by atoms with E-state index in [0.29, 0.717) is 6.42 Å². The van der Waals surface area contributed by atoms with Gasteiger partial charge in [-0.05, 0) is 0 Å². The molecule has 2 saturated carbocycles. The standard InChI is InChI=1S/C8H11FO3/c1-3(10)12-5-2-4(11)6-7(5)8(6)9/h4-8,11H,2H2,1H3/t4-,5+,6+,7-,8+/m1/s1. The molecule has 3 nitrogen and oxygen atoms in total. The van der Waals surface area contributed by atoms with Gasteiger partial charge in [0.05, 0.1) is 6.10 Å². The van der Waals surface area contributed by atoms with Crippen LogP contribution < -0.4 is 0 Å². The summed E-state index contributed by atoms with van der Waals surface area (Å²) >= 11 is 0. The largest absolute Gasteiger partial charge is 0.462 e. The molecule has 0 aromatic rings. The van der Waals surface area contributed by atoms with Crippen molar-refractivity contribution in [3.05, 3.63) is 0 Å². The summed E-state index contributed by atoms with van der Waals surface area (Å²) in [5.41, 5.74) is 0. The van der Waals surface area contributed by atoms with E-state index in [4.69, 9.17) is 4.74 Å². The van der Waals surface area contributed by atoms with E-state index in [1.54, 1.807) is 0 Å². The van der Waals surface area contributed by atoms with Gasteiger partial charge in [-0.15, -0.1) is 0 Å². The molecule has 0 unspecified atom stereocenters. The number of aliphatic hydroxyl groups is 1. The molecule has 0 heterocycles. The minimum Gasteiger partial charge on any atom is -0.462 e. The summed E-state index contributed by atoms with van der Waals surface area (Å²) in [4.78, 5) is 10.6. The van der Waals surface area contributed by atoms with Crippen molar-refractivity contribution in [1.29, 1.82) is 0 Å². The molecule has 2 aliphatic carbocycles. The van der Waals surface area contributed by atoms with Gasteiger partial charge in [0.25, 0.3) is 0 Å². The van der Waals surface area contributed by atoms with Gasteiger partial charge in [-0.25, -0.2) is 4.39 Å². The average molecular weight is 174 g/mol. The quantitative estimate of drug-likeness (QED) is 0.580. The highest BCUT2D eigenvalue weighted by molar-refractivity contribution is 5.66. The lowest BCUT2D eigenvalue weighted by atomic mass is 10.2. The van der Waals surface area contributed by atoms with Gasteiger partial charge in [-0.2, -0.15) is 0 Å². The molecule has 1 N–H and O–H groups in total. The second kappa shape index (κ2) is 2.42. The van der Waals surface area contributed by atoms with Crippen molar-refractivity contribution < 1.29 is 19.0 Å². The highest BCUT2D eigenvalue weighted by Crippen LogP contribution is 2.55. The SMILES string of the molecule is CC(=O)O[C@H]1C[C@@H](O)[C@@H]2[C@H](F)[C@@H]21. The zero-order valence-corrected chi connectivity index (χ0v) is 6.74. The highest BCUT2D eigenvalue weighted by atomic mass is 19.1. The van der Waals surface area contributed by atoms with Crippen molar-refractivity contribution >= 4 is 5.97 Å². The molecular weight excluding hydrogens is 163 g/mol. The van der Waals surface area contributed by atoms with E-state index in [0.717, 1.165) is 0 Å². The lowest BCUT2D eigenvalue weighted by Crippen LogP contribution is -2.21. The lowest BCUT2D eigenvalue weighted by Gasteiger charge is -2.13. The van der Waals surface area contributed by atoms with Crippen molar-refractivity contribution in [2.45, 2.75) is 31.7 Å². The molecule has 2 fully saturated rings. The Labute approximate surface area is 69.5 Å². The number of alkyl halides is 1. The fourth-order valence-electron chi connectivity index (χ4n) is 2.13. The molecule has 2 rings (SSSR count). The van der Waals surface area contributed by atoms with Crippen LogP contribution >= 0.6 is 0 Å². The van der Waals surface area contributed by atoms with Crippen LogP contribution in [0.3, 0.4) is 0 Å². The van der Waals surface area contributed by atoms with Gasteiger partial charge < -0.3 is 9.84 Å². The van der Waals surface area contributed by atoms with Crippen molar-refractivity contribution in [2.24, 2.45) is 11.8 Å². The van der Waals surface area contributed by atoms with Gasteiger partial charge in [-0.3, -0.25) is 4.79 Å². The van der Waals surface area contributed by atoms with Crippen molar-refractivity contribution in [2.75, 3.05) is 0 Å². The molecule has 4 heteroatoms. The number of ether oxygens (including phenoxy) is 1. The fourth-order valence-corrected chi connectivity index (χ4v) is 2.13. The van der Waals surface area contributed by atoms with Crippen molar-refractivity contribution in [3.63, 3.8) is 0 Å². The summed E-state index contributed by atoms with van der Waals surface area (Å²) in [7, 11) is 0. The molecule has 5 atom stereocenters. The normalized spacial score (nSPS) is 50.1. The fraction of sp³-hybridized carbons (Fsp3) is 0.875. The first-order valence-corrected chi connectivity index (χ1v) is 4.10. The third-order valence-electron chi connectivity index (χ3n) is 2.70. The van der Waals surface area contributed by atoms with E-state index >= 15 is 0 Å². The Bertz CT molecular complexity index is 218. The number of rotatable bonds is 1. The Morgan fingerprint density at radius 2 is 2.25 bits per heavy atom. The molecule has 0 spiro atoms. The van der Waals surface area contributed by atoms with E-state index in [-0.39, 0.29) is 11.8 Å². The van der Waals surface area contributed by atoms with E-state index in [2.05, 4.69) is 0 Å². The van der Waals surface area contributed by atoms with Crippen LogP contribution in [0.4, 0.5) is 4.39 Å². The maximum Gasteiger partial charge on any atom is 0.302 e. The zero-order chi connectivity index (χ0) is 8.88. The van der Waals surface area contributed by atoms with Gasteiger partial charge in [0.15, 0.2) is 0 Å². The summed E-state index contributed by atoms with van der Waals surface area (Å²) < 4.78 is 17.7. The molecule has 0 saturated heterocycles. The van der Waals surface area contributed by atoms with Crippen LogP contribution in [0.1, 0.15) is 13.3 Å². The second-order valence-corrected chi connectivity index (χ2v) is 3.55.